The second-order valence-corrected chi connectivity index (χ2v) is 4.83. The van der Waals surface area contributed by atoms with E-state index in [2.05, 4.69) is 46.5 Å². The Hall–Kier alpha value is -2.29. The first-order valence-corrected chi connectivity index (χ1v) is 6.48. The molecule has 0 saturated carbocycles. The highest BCUT2D eigenvalue weighted by Gasteiger charge is 2.12. The third kappa shape index (κ3) is 2.82. The van der Waals surface area contributed by atoms with Crippen molar-refractivity contribution in [2.45, 2.75) is 13.5 Å². The molecule has 20 heavy (non-hydrogen) atoms. The van der Waals surface area contributed by atoms with Crippen LogP contribution in [0.2, 0.25) is 0 Å². The number of halogens is 1. The zero-order valence-electron chi connectivity index (χ0n) is 10.4. The van der Waals surface area contributed by atoms with Gasteiger partial charge < -0.3 is 14.4 Å². The summed E-state index contributed by atoms with van der Waals surface area (Å²) >= 11 is 3.26. The van der Waals surface area contributed by atoms with Crippen molar-refractivity contribution in [3.63, 3.8) is 0 Å². The van der Waals surface area contributed by atoms with Crippen LogP contribution >= 0.6 is 15.9 Å². The average molecular weight is 337 g/mol. The molecule has 1 N–H and O–H groups in total. The summed E-state index contributed by atoms with van der Waals surface area (Å²) < 4.78 is 10.9. The van der Waals surface area contributed by atoms with Gasteiger partial charge in [0.05, 0.1) is 11.0 Å². The maximum absolute atomic E-state index is 5.10. The molecule has 3 aromatic heterocycles. The Balaban J connectivity index is 1.67. The number of hydrogen-bond acceptors (Lipinski definition) is 8. The molecule has 0 aliphatic rings. The fourth-order valence-electron chi connectivity index (χ4n) is 1.46. The average Bonchev–Trinajstić information content (AvgIpc) is 3.07. The third-order valence-electron chi connectivity index (χ3n) is 2.34. The monoisotopic (exact) mass is 336 g/mol. The van der Waals surface area contributed by atoms with Gasteiger partial charge in [0.25, 0.3) is 0 Å². The molecule has 0 spiro atoms. The second kappa shape index (κ2) is 5.37. The molecule has 9 heteroatoms. The van der Waals surface area contributed by atoms with Gasteiger partial charge in [0.1, 0.15) is 5.76 Å². The normalized spacial score (nSPS) is 10.7. The van der Waals surface area contributed by atoms with Crippen LogP contribution in [0.3, 0.4) is 0 Å². The van der Waals surface area contributed by atoms with Gasteiger partial charge in [0, 0.05) is 18.5 Å². The number of nitrogens with one attached hydrogen (secondary N) is 1. The summed E-state index contributed by atoms with van der Waals surface area (Å²) in [6.07, 6.45) is 3.29. The van der Waals surface area contributed by atoms with Crippen LogP contribution in [-0.2, 0) is 6.54 Å². The molecule has 0 aliphatic carbocycles. The van der Waals surface area contributed by atoms with Gasteiger partial charge in [-0.15, -0.1) is 0 Å². The molecule has 0 unspecified atom stereocenters. The number of anilines is 1. The van der Waals surface area contributed by atoms with Gasteiger partial charge in [-0.1, -0.05) is 10.3 Å². The van der Waals surface area contributed by atoms with Crippen molar-refractivity contribution in [3.8, 4) is 11.5 Å². The lowest BCUT2D eigenvalue weighted by atomic mass is 10.4. The van der Waals surface area contributed by atoms with Crippen LogP contribution in [-0.4, -0.2) is 25.3 Å². The zero-order chi connectivity index (χ0) is 13.9. The molecular weight excluding hydrogens is 328 g/mol. The maximum Gasteiger partial charge on any atom is 0.246 e. The summed E-state index contributed by atoms with van der Waals surface area (Å²) in [5.74, 6) is 1.96. The molecule has 3 rings (SSSR count). The van der Waals surface area contributed by atoms with Crippen LogP contribution in [0.15, 0.2) is 32.0 Å². The van der Waals surface area contributed by atoms with Gasteiger partial charge in [-0.2, -0.15) is 4.98 Å². The van der Waals surface area contributed by atoms with E-state index in [1.54, 1.807) is 25.4 Å². The molecule has 0 bridgehead atoms. The molecule has 3 heterocycles. The molecule has 0 fully saturated rings. The molecule has 0 aliphatic heterocycles. The van der Waals surface area contributed by atoms with Crippen molar-refractivity contribution < 1.29 is 9.05 Å². The van der Waals surface area contributed by atoms with E-state index in [1.165, 1.54) is 0 Å². The van der Waals surface area contributed by atoms with E-state index < -0.39 is 0 Å². The Kier molecular flexibility index (Phi) is 3.42. The lowest BCUT2D eigenvalue weighted by Gasteiger charge is -1.99. The van der Waals surface area contributed by atoms with Crippen LogP contribution in [0.1, 0.15) is 11.7 Å². The largest absolute Gasteiger partial charge is 0.361 e. The smallest absolute Gasteiger partial charge is 0.246 e. The first-order valence-electron chi connectivity index (χ1n) is 5.68. The first kappa shape index (κ1) is 12.7. The van der Waals surface area contributed by atoms with E-state index in [1.807, 2.05) is 0 Å². The van der Waals surface area contributed by atoms with Gasteiger partial charge in [0.15, 0.2) is 5.69 Å². The van der Waals surface area contributed by atoms with Crippen molar-refractivity contribution >= 4 is 21.9 Å². The maximum atomic E-state index is 5.10. The van der Waals surface area contributed by atoms with E-state index in [4.69, 9.17) is 9.05 Å². The lowest BCUT2D eigenvalue weighted by Crippen LogP contribution is -2.03. The Morgan fingerprint density at radius 3 is 2.70 bits per heavy atom. The van der Waals surface area contributed by atoms with Crippen molar-refractivity contribution in [1.29, 1.82) is 0 Å². The Labute approximate surface area is 121 Å². The van der Waals surface area contributed by atoms with Crippen LogP contribution < -0.4 is 5.32 Å². The lowest BCUT2D eigenvalue weighted by molar-refractivity contribution is 0.381. The fraction of sp³-hybridized carbons (Fsp3) is 0.182. The van der Waals surface area contributed by atoms with E-state index in [-0.39, 0.29) is 0 Å². The summed E-state index contributed by atoms with van der Waals surface area (Å²) in [5.41, 5.74) is 0.539. The molecule has 0 radical (unpaired) electrons. The minimum absolute atomic E-state index is 0.325. The molecule has 8 nitrogen and oxygen atoms in total. The number of rotatable bonds is 4. The predicted octanol–water partition coefficient (Wildman–Crippen LogP) is 2.20. The number of aryl methyl sites for hydroxylation is 1. The first-order chi connectivity index (χ1) is 9.70. The highest BCUT2D eigenvalue weighted by Crippen LogP contribution is 2.15. The quantitative estimate of drug-likeness (QED) is 0.773. The number of hydrogen-bond donors (Lipinski definition) is 1. The third-order valence-corrected chi connectivity index (χ3v) is 2.75. The Bertz CT molecular complexity index is 708. The SMILES string of the molecule is Cc1cc(-c2noc(CNc3ncc(Br)cn3)n2)no1. The van der Waals surface area contributed by atoms with E-state index in [0.717, 1.165) is 4.47 Å². The molecular formula is C11H9BrN6O2. The molecule has 3 aromatic rings. The minimum atomic E-state index is 0.325. The van der Waals surface area contributed by atoms with Gasteiger partial charge in [-0.3, -0.25) is 0 Å². The summed E-state index contributed by atoms with van der Waals surface area (Å²) in [4.78, 5) is 12.3. The number of aromatic nitrogens is 5. The second-order valence-electron chi connectivity index (χ2n) is 3.91. The van der Waals surface area contributed by atoms with Gasteiger partial charge >= 0.3 is 0 Å². The summed E-state index contributed by atoms with van der Waals surface area (Å²) in [7, 11) is 0. The van der Waals surface area contributed by atoms with Crippen LogP contribution in [0.4, 0.5) is 5.95 Å². The summed E-state index contributed by atoms with van der Waals surface area (Å²) in [5, 5.41) is 10.6. The Morgan fingerprint density at radius 1 is 1.20 bits per heavy atom. The minimum Gasteiger partial charge on any atom is -0.361 e. The van der Waals surface area contributed by atoms with Crippen molar-refractivity contribution in [3.05, 3.63) is 34.6 Å². The molecule has 0 amide bonds. The van der Waals surface area contributed by atoms with Gasteiger partial charge in [0.2, 0.25) is 17.7 Å². The van der Waals surface area contributed by atoms with Crippen LogP contribution in [0.5, 0.6) is 0 Å². The predicted molar refractivity (Wildman–Crippen MR) is 71.6 cm³/mol. The molecule has 0 atom stereocenters. The summed E-state index contributed by atoms with van der Waals surface area (Å²) in [6.45, 7) is 2.12. The van der Waals surface area contributed by atoms with E-state index in [0.29, 0.717) is 35.7 Å². The topological polar surface area (TPSA) is 103 Å². The van der Waals surface area contributed by atoms with Crippen LogP contribution in [0.25, 0.3) is 11.5 Å². The van der Waals surface area contributed by atoms with Gasteiger partial charge in [-0.05, 0) is 22.9 Å². The van der Waals surface area contributed by atoms with E-state index >= 15 is 0 Å². The fourth-order valence-corrected chi connectivity index (χ4v) is 1.67. The molecule has 102 valence electrons. The molecule has 0 saturated heterocycles. The van der Waals surface area contributed by atoms with Gasteiger partial charge in [-0.25, -0.2) is 9.97 Å². The zero-order valence-corrected chi connectivity index (χ0v) is 12.0. The number of nitrogens with zero attached hydrogens (tertiary/aromatic N) is 5. The van der Waals surface area contributed by atoms with E-state index in [9.17, 15) is 0 Å². The van der Waals surface area contributed by atoms with Crippen molar-refractivity contribution in [2.75, 3.05) is 5.32 Å². The highest BCUT2D eigenvalue weighted by atomic mass is 79.9. The Morgan fingerprint density at radius 2 is 2.00 bits per heavy atom. The summed E-state index contributed by atoms with van der Waals surface area (Å²) in [6, 6.07) is 1.74. The highest BCUT2D eigenvalue weighted by molar-refractivity contribution is 9.10. The van der Waals surface area contributed by atoms with Crippen molar-refractivity contribution in [1.82, 2.24) is 25.3 Å². The molecule has 0 aromatic carbocycles. The van der Waals surface area contributed by atoms with Crippen molar-refractivity contribution in [2.24, 2.45) is 0 Å². The standard InChI is InChI=1S/C11H9BrN6O2/c1-6-2-8(17-19-6)10-16-9(20-18-10)5-15-11-13-3-7(12)4-14-11/h2-4H,5H2,1H3,(H,13,14,15). The van der Waals surface area contributed by atoms with Crippen LogP contribution in [0, 0.1) is 6.92 Å².